The van der Waals surface area contributed by atoms with E-state index in [1.54, 1.807) is 0 Å². The van der Waals surface area contributed by atoms with E-state index in [2.05, 4.69) is 26.0 Å². The predicted octanol–water partition coefficient (Wildman–Crippen LogP) is 16.2. The molecular weight excluding hydrogens is 840 g/mol. The molecular formula is C46H82O2S4Te. The summed E-state index contributed by atoms with van der Waals surface area (Å²) >= 11 is 7.50. The van der Waals surface area contributed by atoms with Crippen molar-refractivity contribution in [3.63, 3.8) is 0 Å². The molecule has 0 atom stereocenters. The molecule has 0 radical (unpaired) electrons. The minimum absolute atomic E-state index is 0.530. The average molecular weight is 923 g/mol. The van der Waals surface area contributed by atoms with E-state index in [1.165, 1.54) is 231 Å². The van der Waals surface area contributed by atoms with Crippen LogP contribution in [0.3, 0.4) is 0 Å². The molecule has 0 aliphatic heterocycles. The first-order valence-electron chi connectivity index (χ1n) is 22.5. The quantitative estimate of drug-likeness (QED) is 0.0376. The van der Waals surface area contributed by atoms with Gasteiger partial charge in [0, 0.05) is 0 Å². The number of thiophene rings is 2. The van der Waals surface area contributed by atoms with E-state index >= 15 is 0 Å². The van der Waals surface area contributed by atoms with Gasteiger partial charge in [-0.1, -0.05) is 129 Å². The summed E-state index contributed by atoms with van der Waals surface area (Å²) in [5.41, 5.74) is 0. The molecule has 0 N–H and O–H groups in total. The topological polar surface area (TPSA) is 18.5 Å². The van der Waals surface area contributed by atoms with Crippen LogP contribution in [0.1, 0.15) is 219 Å². The Morgan fingerprint density at radius 1 is 0.396 bits per heavy atom. The molecule has 0 aromatic carbocycles. The van der Waals surface area contributed by atoms with Gasteiger partial charge in [-0.2, -0.15) is 0 Å². The SMILES string of the molecule is CCCCCCCCCCCCCCCCCCSc1cc(OC)c([Te]c2sc(SCCCCCCCCCCCCCCCCCC)cc2OC)s1. The second kappa shape index (κ2) is 36.8. The normalized spacial score (nSPS) is 11.5. The molecule has 0 saturated carbocycles. The zero-order valence-corrected chi connectivity index (χ0v) is 40.7. The van der Waals surface area contributed by atoms with Crippen LogP contribution in [-0.4, -0.2) is 46.6 Å². The molecule has 2 nitrogen and oxygen atoms in total. The Bertz CT molecular complexity index is 988. The Labute approximate surface area is 356 Å². The minimum atomic E-state index is -0.530. The molecule has 0 saturated heterocycles. The van der Waals surface area contributed by atoms with E-state index in [9.17, 15) is 0 Å². The molecule has 0 bridgehead atoms. The third-order valence-corrected chi connectivity index (χ3v) is 19.6. The van der Waals surface area contributed by atoms with Gasteiger partial charge in [-0.15, -0.1) is 0 Å². The Morgan fingerprint density at radius 2 is 0.642 bits per heavy atom. The second-order valence-electron chi connectivity index (χ2n) is 15.2. The van der Waals surface area contributed by atoms with Gasteiger partial charge in [0.1, 0.15) is 0 Å². The van der Waals surface area contributed by atoms with E-state index < -0.39 is 20.9 Å². The molecule has 0 fully saturated rings. The number of unbranched alkanes of at least 4 members (excludes halogenated alkanes) is 30. The van der Waals surface area contributed by atoms with Crippen LogP contribution in [0.2, 0.25) is 0 Å². The molecule has 0 amide bonds. The molecule has 2 aromatic rings. The van der Waals surface area contributed by atoms with E-state index in [0.29, 0.717) is 0 Å². The molecule has 0 unspecified atom stereocenters. The fourth-order valence-corrected chi connectivity index (χ4v) is 17.8. The standard InChI is InChI=1S/C46H82O2S4Te/c1-5-7-9-11-13-15-17-19-21-23-25-27-29-31-33-35-37-49-43-39-41(47-3)45(51-43)53-46-42(48-4)40-44(52-46)50-38-36-34-32-30-28-26-24-22-20-18-16-14-12-10-8-6-2/h39-40H,5-38H2,1-4H3. The van der Waals surface area contributed by atoms with Crippen molar-refractivity contribution in [1.82, 2.24) is 0 Å². The van der Waals surface area contributed by atoms with Crippen molar-refractivity contribution in [3.8, 4) is 11.5 Å². The summed E-state index contributed by atoms with van der Waals surface area (Å²) in [6.45, 7) is 4.61. The molecule has 2 rings (SSSR count). The summed E-state index contributed by atoms with van der Waals surface area (Å²) in [7, 11) is 3.68. The number of methoxy groups -OCH3 is 2. The Balaban J connectivity index is 1.50. The fraction of sp³-hybridized carbons (Fsp3) is 0.826. The van der Waals surface area contributed by atoms with E-state index in [4.69, 9.17) is 9.47 Å². The molecule has 7 heteroatoms. The van der Waals surface area contributed by atoms with Crippen molar-refractivity contribution < 1.29 is 9.47 Å². The van der Waals surface area contributed by atoms with E-state index in [-0.39, 0.29) is 0 Å². The van der Waals surface area contributed by atoms with E-state index in [0.717, 1.165) is 11.5 Å². The molecule has 0 spiro atoms. The summed E-state index contributed by atoms with van der Waals surface area (Å²) in [5.74, 6) is 4.66. The average Bonchev–Trinajstić information content (AvgIpc) is 3.76. The van der Waals surface area contributed by atoms with Gasteiger partial charge in [-0.25, -0.2) is 0 Å². The zero-order chi connectivity index (χ0) is 37.9. The fourth-order valence-electron chi connectivity index (χ4n) is 6.97. The van der Waals surface area contributed by atoms with Crippen molar-refractivity contribution in [3.05, 3.63) is 12.1 Å². The summed E-state index contributed by atoms with van der Waals surface area (Å²) in [6.07, 6.45) is 45.7. The van der Waals surface area contributed by atoms with Crippen molar-refractivity contribution in [2.75, 3.05) is 25.7 Å². The van der Waals surface area contributed by atoms with Crippen LogP contribution in [0, 0.1) is 0 Å². The van der Waals surface area contributed by atoms with Gasteiger partial charge in [-0.05, 0) is 0 Å². The van der Waals surface area contributed by atoms with Crippen molar-refractivity contribution in [2.45, 2.75) is 228 Å². The number of thioether (sulfide) groups is 2. The Morgan fingerprint density at radius 3 is 0.887 bits per heavy atom. The Kier molecular flexibility index (Phi) is 34.5. The van der Waals surface area contributed by atoms with Gasteiger partial charge in [-0.3, -0.25) is 0 Å². The van der Waals surface area contributed by atoms with Gasteiger partial charge in [0.2, 0.25) is 0 Å². The zero-order valence-electron chi connectivity index (χ0n) is 35.1. The van der Waals surface area contributed by atoms with Gasteiger partial charge in [0.05, 0.1) is 0 Å². The van der Waals surface area contributed by atoms with Crippen LogP contribution in [0.25, 0.3) is 0 Å². The van der Waals surface area contributed by atoms with Crippen LogP contribution < -0.4 is 15.3 Å². The number of hydrogen-bond donors (Lipinski definition) is 0. The number of rotatable bonds is 40. The van der Waals surface area contributed by atoms with Crippen LogP contribution in [0.15, 0.2) is 20.6 Å². The third kappa shape index (κ3) is 26.9. The van der Waals surface area contributed by atoms with Gasteiger partial charge in [0.25, 0.3) is 0 Å². The molecule has 2 heterocycles. The summed E-state index contributed by atoms with van der Waals surface area (Å²) in [4.78, 5) is 0. The van der Waals surface area contributed by atoms with Crippen molar-refractivity contribution in [2.24, 2.45) is 0 Å². The van der Waals surface area contributed by atoms with Crippen LogP contribution >= 0.6 is 46.2 Å². The van der Waals surface area contributed by atoms with Gasteiger partial charge >= 0.3 is 230 Å². The third-order valence-electron chi connectivity index (χ3n) is 10.4. The van der Waals surface area contributed by atoms with Crippen LogP contribution in [0.4, 0.5) is 0 Å². The molecule has 2 aromatic heterocycles. The maximum absolute atomic E-state index is 5.87. The first-order chi connectivity index (χ1) is 26.2. The molecule has 53 heavy (non-hydrogen) atoms. The first kappa shape index (κ1) is 49.6. The van der Waals surface area contributed by atoms with Gasteiger partial charge in [0.15, 0.2) is 0 Å². The number of ether oxygens (including phenoxy) is 2. The Hall–Kier alpha value is 0.490. The summed E-state index contributed by atoms with van der Waals surface area (Å²) in [6, 6.07) is 4.60. The van der Waals surface area contributed by atoms with Crippen molar-refractivity contribution in [1.29, 1.82) is 0 Å². The van der Waals surface area contributed by atoms with E-state index in [1.807, 2.05) is 60.4 Å². The van der Waals surface area contributed by atoms with Crippen LogP contribution in [0.5, 0.6) is 11.5 Å². The summed E-state index contributed by atoms with van der Waals surface area (Å²) < 4.78 is 17.5. The number of hydrogen-bond acceptors (Lipinski definition) is 6. The molecule has 0 aliphatic rings. The van der Waals surface area contributed by atoms with Crippen LogP contribution in [-0.2, 0) is 0 Å². The van der Waals surface area contributed by atoms with Crippen molar-refractivity contribution >= 4 is 73.0 Å². The molecule has 308 valence electrons. The van der Waals surface area contributed by atoms with Gasteiger partial charge < -0.3 is 0 Å². The second-order valence-corrected chi connectivity index (χ2v) is 24.7. The first-order valence-corrected chi connectivity index (χ1v) is 28.4. The maximum atomic E-state index is 5.87. The predicted molar refractivity (Wildman–Crippen MR) is 247 cm³/mol. The monoisotopic (exact) mass is 924 g/mol. The molecule has 0 aliphatic carbocycles. The summed E-state index contributed by atoms with van der Waals surface area (Å²) in [5, 5.41) is 0.